The lowest BCUT2D eigenvalue weighted by Crippen LogP contribution is -2.38. The molecule has 0 aliphatic rings. The number of hydrazine groups is 1. The van der Waals surface area contributed by atoms with Crippen LogP contribution in [0.4, 0.5) is 0 Å². The molecule has 0 saturated carbocycles. The third-order valence-electron chi connectivity index (χ3n) is 2.44. The fourth-order valence-electron chi connectivity index (χ4n) is 1.04. The van der Waals surface area contributed by atoms with Gasteiger partial charge in [-0.05, 0) is 12.8 Å². The van der Waals surface area contributed by atoms with Gasteiger partial charge in [0.2, 0.25) is 0 Å². The minimum absolute atomic E-state index is 0.261. The van der Waals surface area contributed by atoms with Crippen molar-refractivity contribution in [1.82, 2.24) is 9.99 Å². The highest BCUT2D eigenvalue weighted by Crippen LogP contribution is 2.15. The maximum absolute atomic E-state index is 5.89. The Morgan fingerprint density at radius 1 is 1.53 bits per heavy atom. The van der Waals surface area contributed by atoms with Gasteiger partial charge in [0.1, 0.15) is 0 Å². The zero-order valence-corrected chi connectivity index (χ0v) is 10.2. The van der Waals surface area contributed by atoms with Crippen LogP contribution in [0.1, 0.15) is 25.6 Å². The van der Waals surface area contributed by atoms with Crippen LogP contribution in [0.3, 0.4) is 0 Å². The highest BCUT2D eigenvalue weighted by molar-refractivity contribution is 7.10. The molecule has 15 heavy (non-hydrogen) atoms. The van der Waals surface area contributed by atoms with Gasteiger partial charge >= 0.3 is 0 Å². The van der Waals surface area contributed by atoms with Crippen LogP contribution in [0.5, 0.6) is 0 Å². The molecule has 0 aromatic carbocycles. The first kappa shape index (κ1) is 12.0. The smallest absolute Gasteiger partial charge is 0.0798 e. The number of hydrogen-bond acceptors (Lipinski definition) is 5. The fraction of sp³-hybridized carbons (Fsp3) is 0.500. The SMILES string of the molecule is CC(C)C(C)N(N)/C=C(\N)c1cncs1. The number of rotatable bonds is 4. The molecule has 5 heteroatoms. The Morgan fingerprint density at radius 2 is 2.20 bits per heavy atom. The van der Waals surface area contributed by atoms with Crippen molar-refractivity contribution in [1.29, 1.82) is 0 Å². The summed E-state index contributed by atoms with van der Waals surface area (Å²) < 4.78 is 0. The molecule has 1 rings (SSSR count). The van der Waals surface area contributed by atoms with Crippen LogP contribution in [0.15, 0.2) is 17.9 Å². The van der Waals surface area contributed by atoms with Crippen LogP contribution in [0, 0.1) is 5.92 Å². The van der Waals surface area contributed by atoms with Gasteiger partial charge in [-0.3, -0.25) is 4.98 Å². The van der Waals surface area contributed by atoms with Gasteiger partial charge in [0.05, 0.1) is 16.1 Å². The molecule has 0 aliphatic heterocycles. The predicted octanol–water partition coefficient (Wildman–Crippen LogP) is 1.62. The summed E-state index contributed by atoms with van der Waals surface area (Å²) in [4.78, 5) is 4.91. The lowest BCUT2D eigenvalue weighted by molar-refractivity contribution is 0.243. The van der Waals surface area contributed by atoms with E-state index in [1.165, 1.54) is 11.3 Å². The van der Waals surface area contributed by atoms with Gasteiger partial charge in [0.25, 0.3) is 0 Å². The van der Waals surface area contributed by atoms with Crippen LogP contribution in [-0.2, 0) is 0 Å². The molecule has 1 aromatic heterocycles. The molecule has 0 bridgehead atoms. The summed E-state index contributed by atoms with van der Waals surface area (Å²) in [7, 11) is 0. The first-order chi connectivity index (χ1) is 7.02. The third kappa shape index (κ3) is 3.21. The highest BCUT2D eigenvalue weighted by atomic mass is 32.1. The van der Waals surface area contributed by atoms with Crippen molar-refractivity contribution < 1.29 is 0 Å². The van der Waals surface area contributed by atoms with Crippen LogP contribution < -0.4 is 11.6 Å². The second-order valence-corrected chi connectivity index (χ2v) is 4.77. The maximum atomic E-state index is 5.89. The predicted molar refractivity (Wildman–Crippen MR) is 64.6 cm³/mol. The lowest BCUT2D eigenvalue weighted by Gasteiger charge is -2.26. The van der Waals surface area contributed by atoms with E-state index in [4.69, 9.17) is 11.6 Å². The monoisotopic (exact) mass is 226 g/mol. The minimum atomic E-state index is 0.261. The average Bonchev–Trinajstić information content (AvgIpc) is 2.68. The van der Waals surface area contributed by atoms with E-state index >= 15 is 0 Å². The van der Waals surface area contributed by atoms with Gasteiger partial charge in [0, 0.05) is 18.4 Å². The zero-order chi connectivity index (χ0) is 11.4. The largest absolute Gasteiger partial charge is 0.396 e. The molecular formula is C10H18N4S. The van der Waals surface area contributed by atoms with Crippen molar-refractivity contribution in [3.63, 3.8) is 0 Å². The van der Waals surface area contributed by atoms with E-state index in [-0.39, 0.29) is 6.04 Å². The van der Waals surface area contributed by atoms with Gasteiger partial charge < -0.3 is 10.7 Å². The normalized spacial score (nSPS) is 14.3. The van der Waals surface area contributed by atoms with Crippen LogP contribution in [0.2, 0.25) is 0 Å². The van der Waals surface area contributed by atoms with E-state index in [0.717, 1.165) is 4.88 Å². The Kier molecular flexibility index (Phi) is 4.11. The number of nitrogens with zero attached hydrogens (tertiary/aromatic N) is 2. The Balaban J connectivity index is 2.71. The highest BCUT2D eigenvalue weighted by Gasteiger charge is 2.11. The van der Waals surface area contributed by atoms with Crippen molar-refractivity contribution in [2.45, 2.75) is 26.8 Å². The first-order valence-corrected chi connectivity index (χ1v) is 5.79. The molecule has 1 heterocycles. The Labute approximate surface area is 94.6 Å². The number of nitrogens with two attached hydrogens (primary N) is 2. The van der Waals surface area contributed by atoms with E-state index in [2.05, 4.69) is 25.8 Å². The molecule has 0 amide bonds. The molecule has 0 aliphatic carbocycles. The standard InChI is InChI=1S/C10H18N4S/c1-7(2)8(3)14(12)5-9(11)10-4-13-6-15-10/h4-8H,11-12H2,1-3H3/b9-5-. The van der Waals surface area contributed by atoms with Gasteiger partial charge in [-0.2, -0.15) is 0 Å². The molecule has 4 N–H and O–H groups in total. The fourth-order valence-corrected chi connectivity index (χ4v) is 1.59. The summed E-state index contributed by atoms with van der Waals surface area (Å²) in [6, 6.07) is 0.261. The second-order valence-electron chi connectivity index (χ2n) is 3.88. The number of thiazole rings is 1. The topological polar surface area (TPSA) is 68.2 Å². The molecule has 0 radical (unpaired) electrons. The van der Waals surface area contributed by atoms with Crippen molar-refractivity contribution in [2.75, 3.05) is 0 Å². The summed E-state index contributed by atoms with van der Waals surface area (Å²) in [5.74, 6) is 6.37. The van der Waals surface area contributed by atoms with E-state index in [0.29, 0.717) is 11.6 Å². The van der Waals surface area contributed by atoms with E-state index in [1.807, 2.05) is 0 Å². The van der Waals surface area contributed by atoms with E-state index in [9.17, 15) is 0 Å². The second kappa shape index (κ2) is 5.14. The van der Waals surface area contributed by atoms with Crippen molar-refractivity contribution in [3.8, 4) is 0 Å². The molecule has 84 valence electrons. The Hall–Kier alpha value is -1.07. The summed E-state index contributed by atoms with van der Waals surface area (Å²) in [6.07, 6.45) is 3.50. The summed E-state index contributed by atoms with van der Waals surface area (Å²) in [6.45, 7) is 6.32. The van der Waals surface area contributed by atoms with Gasteiger partial charge in [0.15, 0.2) is 0 Å². The Bertz CT molecular complexity index is 318. The van der Waals surface area contributed by atoms with Crippen LogP contribution >= 0.6 is 11.3 Å². The molecule has 4 nitrogen and oxygen atoms in total. The third-order valence-corrected chi connectivity index (χ3v) is 3.26. The van der Waals surface area contributed by atoms with E-state index < -0.39 is 0 Å². The minimum Gasteiger partial charge on any atom is -0.396 e. The van der Waals surface area contributed by atoms with Crippen LogP contribution in [-0.4, -0.2) is 16.0 Å². The quantitative estimate of drug-likeness (QED) is 0.604. The molecule has 0 spiro atoms. The molecule has 0 fully saturated rings. The van der Waals surface area contributed by atoms with E-state index in [1.54, 1.807) is 22.9 Å². The van der Waals surface area contributed by atoms with Crippen molar-refractivity contribution in [2.24, 2.45) is 17.5 Å². The molecule has 0 saturated heterocycles. The van der Waals surface area contributed by atoms with Crippen molar-refractivity contribution >= 4 is 17.0 Å². The summed E-state index contributed by atoms with van der Waals surface area (Å²) in [5, 5.41) is 1.65. The molecular weight excluding hydrogens is 208 g/mol. The Morgan fingerprint density at radius 3 is 2.67 bits per heavy atom. The molecule has 1 aromatic rings. The van der Waals surface area contributed by atoms with Gasteiger partial charge in [-0.15, -0.1) is 11.3 Å². The van der Waals surface area contributed by atoms with Gasteiger partial charge in [-0.25, -0.2) is 5.84 Å². The molecule has 1 unspecified atom stereocenters. The van der Waals surface area contributed by atoms with Crippen molar-refractivity contribution in [3.05, 3.63) is 22.8 Å². The maximum Gasteiger partial charge on any atom is 0.0798 e. The first-order valence-electron chi connectivity index (χ1n) is 4.91. The molecule has 1 atom stereocenters. The lowest BCUT2D eigenvalue weighted by atomic mass is 10.1. The summed E-state index contributed by atoms with van der Waals surface area (Å²) >= 11 is 1.51. The zero-order valence-electron chi connectivity index (χ0n) is 9.34. The average molecular weight is 226 g/mol. The van der Waals surface area contributed by atoms with Gasteiger partial charge in [-0.1, -0.05) is 13.8 Å². The van der Waals surface area contributed by atoms with Crippen LogP contribution in [0.25, 0.3) is 5.70 Å². The number of hydrogen-bond donors (Lipinski definition) is 2. The number of aromatic nitrogens is 1. The summed E-state index contributed by atoms with van der Waals surface area (Å²) in [5.41, 5.74) is 8.30.